The number of rotatable bonds is 4. The predicted molar refractivity (Wildman–Crippen MR) is 85.4 cm³/mol. The molecule has 2 heterocycles. The second-order valence-electron chi connectivity index (χ2n) is 5.64. The number of nitrogens with zero attached hydrogens (tertiary/aromatic N) is 2. The summed E-state index contributed by atoms with van der Waals surface area (Å²) >= 11 is 0. The van der Waals surface area contributed by atoms with Gasteiger partial charge in [0, 0.05) is 29.3 Å². The molecule has 1 saturated carbocycles. The Kier molecular flexibility index (Phi) is 3.26. The van der Waals surface area contributed by atoms with Gasteiger partial charge in [0.1, 0.15) is 11.4 Å². The summed E-state index contributed by atoms with van der Waals surface area (Å²) in [6.45, 7) is 0. The van der Waals surface area contributed by atoms with Crippen LogP contribution in [-0.4, -0.2) is 22.2 Å². The number of methoxy groups -OCH3 is 1. The molecule has 1 aliphatic rings. The van der Waals surface area contributed by atoms with Gasteiger partial charge in [-0.05, 0) is 43.2 Å². The molecule has 0 spiro atoms. The zero-order valence-corrected chi connectivity index (χ0v) is 12.7. The van der Waals surface area contributed by atoms with E-state index in [0.29, 0.717) is 17.6 Å². The van der Waals surface area contributed by atoms with Gasteiger partial charge in [0.05, 0.1) is 7.11 Å². The number of phenolic OH excluding ortho intramolecular Hbond substituents is 1. The summed E-state index contributed by atoms with van der Waals surface area (Å²) in [5.41, 5.74) is 2.53. The van der Waals surface area contributed by atoms with Crippen molar-refractivity contribution in [1.82, 2.24) is 9.97 Å². The molecule has 0 saturated heterocycles. The fraction of sp³-hybridized carbons (Fsp3) is 0.222. The van der Waals surface area contributed by atoms with Crippen LogP contribution >= 0.6 is 0 Å². The highest BCUT2D eigenvalue weighted by Crippen LogP contribution is 2.43. The third-order valence-electron chi connectivity index (χ3n) is 3.92. The molecule has 3 aromatic rings. The predicted octanol–water partition coefficient (Wildman–Crippen LogP) is 4.00. The van der Waals surface area contributed by atoms with Crippen molar-refractivity contribution in [3.05, 3.63) is 48.5 Å². The minimum absolute atomic E-state index is 0.225. The number of benzene rings is 1. The molecule has 1 aliphatic carbocycles. The number of hydrogen-bond donors (Lipinski definition) is 1. The van der Waals surface area contributed by atoms with Crippen LogP contribution in [0.15, 0.2) is 47.0 Å². The number of aromatic nitrogens is 2. The maximum atomic E-state index is 9.48. The molecule has 2 aromatic heterocycles. The van der Waals surface area contributed by atoms with E-state index in [2.05, 4.69) is 9.97 Å². The maximum absolute atomic E-state index is 9.48. The average Bonchev–Trinajstić information content (AvgIpc) is 3.35. The second-order valence-corrected chi connectivity index (χ2v) is 5.64. The summed E-state index contributed by atoms with van der Waals surface area (Å²) in [7, 11) is 1.59. The highest BCUT2D eigenvalue weighted by Gasteiger charge is 2.31. The molecule has 1 aromatic carbocycles. The van der Waals surface area contributed by atoms with Gasteiger partial charge in [0.2, 0.25) is 5.88 Å². The van der Waals surface area contributed by atoms with Crippen LogP contribution in [0.2, 0.25) is 0 Å². The third-order valence-corrected chi connectivity index (χ3v) is 3.92. The molecule has 0 atom stereocenters. The van der Waals surface area contributed by atoms with Crippen LogP contribution in [-0.2, 0) is 0 Å². The van der Waals surface area contributed by atoms with Gasteiger partial charge in [-0.2, -0.15) is 0 Å². The Morgan fingerprint density at radius 1 is 1.09 bits per heavy atom. The molecular formula is C18H16N2O3. The highest BCUT2D eigenvalue weighted by atomic mass is 16.5. The largest absolute Gasteiger partial charge is 0.508 e. The van der Waals surface area contributed by atoms with Gasteiger partial charge >= 0.3 is 0 Å². The van der Waals surface area contributed by atoms with Gasteiger partial charge in [-0.15, -0.1) is 0 Å². The molecule has 0 bridgehead atoms. The summed E-state index contributed by atoms with van der Waals surface area (Å²) in [6.07, 6.45) is 3.98. The smallest absolute Gasteiger partial charge is 0.212 e. The van der Waals surface area contributed by atoms with Gasteiger partial charge < -0.3 is 14.3 Å². The van der Waals surface area contributed by atoms with E-state index in [1.54, 1.807) is 31.5 Å². The lowest BCUT2D eigenvalue weighted by Crippen LogP contribution is -1.89. The average molecular weight is 308 g/mol. The molecule has 0 radical (unpaired) electrons. The minimum Gasteiger partial charge on any atom is -0.508 e. The van der Waals surface area contributed by atoms with Crippen molar-refractivity contribution >= 4 is 0 Å². The Labute approximate surface area is 133 Å². The number of hydrogen-bond acceptors (Lipinski definition) is 5. The van der Waals surface area contributed by atoms with Gasteiger partial charge in [-0.1, -0.05) is 0 Å². The minimum atomic E-state index is 0.225. The van der Waals surface area contributed by atoms with E-state index < -0.39 is 0 Å². The second kappa shape index (κ2) is 5.43. The molecule has 0 unspecified atom stereocenters. The van der Waals surface area contributed by atoms with Crippen molar-refractivity contribution in [1.29, 1.82) is 0 Å². The molecule has 0 amide bonds. The number of aromatic hydroxyl groups is 1. The zero-order valence-electron chi connectivity index (χ0n) is 12.7. The number of phenols is 1. The Bertz CT molecular complexity index is 818. The summed E-state index contributed by atoms with van der Waals surface area (Å²) in [5, 5.41) is 9.48. The van der Waals surface area contributed by atoms with Crippen LogP contribution in [0.3, 0.4) is 0 Å². The topological polar surface area (TPSA) is 68.4 Å². The zero-order chi connectivity index (χ0) is 15.8. The van der Waals surface area contributed by atoms with Crippen molar-refractivity contribution < 1.29 is 14.3 Å². The van der Waals surface area contributed by atoms with Gasteiger partial charge in [-0.25, -0.2) is 9.97 Å². The van der Waals surface area contributed by atoms with Crippen LogP contribution in [0.4, 0.5) is 0 Å². The van der Waals surface area contributed by atoms with Gasteiger partial charge in [-0.3, -0.25) is 0 Å². The summed E-state index contributed by atoms with van der Waals surface area (Å²) in [4.78, 5) is 8.94. The quantitative estimate of drug-likeness (QED) is 0.789. The molecule has 1 N–H and O–H groups in total. The monoisotopic (exact) mass is 308 g/mol. The Balaban J connectivity index is 1.81. The fourth-order valence-corrected chi connectivity index (χ4v) is 2.49. The van der Waals surface area contributed by atoms with Crippen LogP contribution in [0.25, 0.3) is 22.6 Å². The van der Waals surface area contributed by atoms with E-state index in [0.717, 1.165) is 35.6 Å². The lowest BCUT2D eigenvalue weighted by atomic mass is 10.1. The standard InChI is InChI=1S/C18H16N2O3/c1-22-15-9-6-13(10-19-15)16-17(11-4-7-14(21)8-5-11)23-18(20-16)12-2-3-12/h4-10,12,21H,2-3H2,1H3. The van der Waals surface area contributed by atoms with Crippen LogP contribution < -0.4 is 4.74 Å². The lowest BCUT2D eigenvalue weighted by Gasteiger charge is -2.03. The first kappa shape index (κ1) is 13.8. The van der Waals surface area contributed by atoms with Gasteiger partial charge in [0.15, 0.2) is 11.7 Å². The number of oxazole rings is 1. The summed E-state index contributed by atoms with van der Waals surface area (Å²) in [6, 6.07) is 10.7. The lowest BCUT2D eigenvalue weighted by molar-refractivity contribution is 0.398. The van der Waals surface area contributed by atoms with E-state index in [-0.39, 0.29) is 5.75 Å². The van der Waals surface area contributed by atoms with E-state index in [1.807, 2.05) is 18.2 Å². The fourth-order valence-electron chi connectivity index (χ4n) is 2.49. The van der Waals surface area contributed by atoms with Crippen molar-refractivity contribution in [2.24, 2.45) is 0 Å². The third kappa shape index (κ3) is 2.65. The van der Waals surface area contributed by atoms with E-state index >= 15 is 0 Å². The van der Waals surface area contributed by atoms with Crippen LogP contribution in [0.1, 0.15) is 24.7 Å². The molecule has 23 heavy (non-hydrogen) atoms. The molecule has 1 fully saturated rings. The SMILES string of the molecule is COc1ccc(-c2nc(C3CC3)oc2-c2ccc(O)cc2)cn1. The molecule has 5 nitrogen and oxygen atoms in total. The van der Waals surface area contributed by atoms with E-state index in [4.69, 9.17) is 9.15 Å². The molecule has 5 heteroatoms. The maximum Gasteiger partial charge on any atom is 0.212 e. The molecular weight excluding hydrogens is 292 g/mol. The number of ether oxygens (including phenoxy) is 1. The summed E-state index contributed by atoms with van der Waals surface area (Å²) in [5.74, 6) is 2.69. The summed E-state index contributed by atoms with van der Waals surface area (Å²) < 4.78 is 11.1. The number of pyridine rings is 1. The Hall–Kier alpha value is -2.82. The van der Waals surface area contributed by atoms with Crippen LogP contribution in [0, 0.1) is 0 Å². The highest BCUT2D eigenvalue weighted by molar-refractivity contribution is 5.77. The van der Waals surface area contributed by atoms with Gasteiger partial charge in [0.25, 0.3) is 0 Å². The first-order chi connectivity index (χ1) is 11.2. The Morgan fingerprint density at radius 3 is 2.43 bits per heavy atom. The van der Waals surface area contributed by atoms with Crippen molar-refractivity contribution in [3.63, 3.8) is 0 Å². The van der Waals surface area contributed by atoms with Crippen molar-refractivity contribution in [2.75, 3.05) is 7.11 Å². The molecule has 0 aliphatic heterocycles. The van der Waals surface area contributed by atoms with E-state index in [1.165, 1.54) is 0 Å². The van der Waals surface area contributed by atoms with E-state index in [9.17, 15) is 5.11 Å². The molecule has 116 valence electrons. The van der Waals surface area contributed by atoms with Crippen LogP contribution in [0.5, 0.6) is 11.6 Å². The van der Waals surface area contributed by atoms with Crippen molar-refractivity contribution in [2.45, 2.75) is 18.8 Å². The first-order valence-corrected chi connectivity index (χ1v) is 7.55. The van der Waals surface area contributed by atoms with Crippen molar-refractivity contribution in [3.8, 4) is 34.2 Å². The Morgan fingerprint density at radius 2 is 1.83 bits per heavy atom. The first-order valence-electron chi connectivity index (χ1n) is 7.55. The molecule has 4 rings (SSSR count). The normalized spacial score (nSPS) is 14.0.